The Bertz CT molecular complexity index is 713. The van der Waals surface area contributed by atoms with Gasteiger partial charge in [-0.3, -0.25) is 4.79 Å². The van der Waals surface area contributed by atoms with Gasteiger partial charge in [0.25, 0.3) is 5.91 Å². The Morgan fingerprint density at radius 3 is 2.70 bits per heavy atom. The molecule has 0 aromatic heterocycles. The van der Waals surface area contributed by atoms with Gasteiger partial charge < -0.3 is 15.5 Å². The SMILES string of the molecule is N/C(Cc1ccccc1)=N\OCC(=O)N1CCc2ccccc21. The lowest BCUT2D eigenvalue weighted by Crippen LogP contribution is -2.32. The molecular weight excluding hydrogens is 290 g/mol. The van der Waals surface area contributed by atoms with Gasteiger partial charge in [-0.25, -0.2) is 0 Å². The molecule has 2 aromatic carbocycles. The van der Waals surface area contributed by atoms with E-state index in [-0.39, 0.29) is 12.5 Å². The lowest BCUT2D eigenvalue weighted by molar-refractivity contribution is -0.123. The average Bonchev–Trinajstić information content (AvgIpc) is 3.00. The number of para-hydroxylation sites is 1. The van der Waals surface area contributed by atoms with Crippen LogP contribution in [-0.2, 0) is 22.5 Å². The summed E-state index contributed by atoms with van der Waals surface area (Å²) in [5, 5.41) is 3.83. The van der Waals surface area contributed by atoms with Crippen molar-refractivity contribution < 1.29 is 9.63 Å². The maximum Gasteiger partial charge on any atom is 0.267 e. The number of rotatable bonds is 5. The fraction of sp³-hybridized carbons (Fsp3) is 0.222. The number of hydrogen-bond donors (Lipinski definition) is 1. The molecule has 0 spiro atoms. The van der Waals surface area contributed by atoms with E-state index in [4.69, 9.17) is 10.6 Å². The van der Waals surface area contributed by atoms with Crippen LogP contribution in [0.1, 0.15) is 11.1 Å². The number of benzene rings is 2. The molecule has 0 radical (unpaired) electrons. The zero-order valence-corrected chi connectivity index (χ0v) is 12.8. The highest BCUT2D eigenvalue weighted by molar-refractivity contribution is 5.96. The van der Waals surface area contributed by atoms with Crippen LogP contribution in [0.25, 0.3) is 0 Å². The van der Waals surface area contributed by atoms with Gasteiger partial charge in [0.2, 0.25) is 0 Å². The van der Waals surface area contributed by atoms with Gasteiger partial charge in [0.05, 0.1) is 0 Å². The van der Waals surface area contributed by atoms with Crippen molar-refractivity contribution in [1.82, 2.24) is 0 Å². The molecule has 0 saturated heterocycles. The van der Waals surface area contributed by atoms with Crippen molar-refractivity contribution in [2.45, 2.75) is 12.8 Å². The van der Waals surface area contributed by atoms with Gasteiger partial charge in [0.15, 0.2) is 6.61 Å². The van der Waals surface area contributed by atoms with Crippen molar-refractivity contribution in [2.24, 2.45) is 10.9 Å². The molecule has 0 fully saturated rings. The van der Waals surface area contributed by atoms with Crippen LogP contribution < -0.4 is 10.6 Å². The molecule has 2 aromatic rings. The standard InChI is InChI=1S/C18H19N3O2/c19-17(12-14-6-2-1-3-7-14)20-23-13-18(22)21-11-10-15-8-4-5-9-16(15)21/h1-9H,10-13H2,(H2,19,20). The largest absolute Gasteiger partial charge is 0.384 e. The van der Waals surface area contributed by atoms with Gasteiger partial charge in [-0.2, -0.15) is 0 Å². The van der Waals surface area contributed by atoms with Crippen molar-refractivity contribution in [3.05, 3.63) is 65.7 Å². The van der Waals surface area contributed by atoms with Crippen molar-refractivity contribution in [2.75, 3.05) is 18.1 Å². The fourth-order valence-corrected chi connectivity index (χ4v) is 2.68. The Kier molecular flexibility index (Phi) is 4.57. The Morgan fingerprint density at radius 1 is 1.13 bits per heavy atom. The highest BCUT2D eigenvalue weighted by atomic mass is 16.6. The zero-order chi connectivity index (χ0) is 16.1. The summed E-state index contributed by atoms with van der Waals surface area (Å²) in [6.45, 7) is 0.578. The first-order valence-corrected chi connectivity index (χ1v) is 7.60. The van der Waals surface area contributed by atoms with Gasteiger partial charge in [0, 0.05) is 18.7 Å². The lowest BCUT2D eigenvalue weighted by atomic mass is 10.1. The molecule has 0 bridgehead atoms. The molecule has 0 saturated carbocycles. The van der Waals surface area contributed by atoms with E-state index in [1.807, 2.05) is 54.6 Å². The van der Waals surface area contributed by atoms with Crippen LogP contribution in [-0.4, -0.2) is 24.9 Å². The van der Waals surface area contributed by atoms with Crippen LogP contribution in [0.4, 0.5) is 5.69 Å². The molecule has 118 valence electrons. The summed E-state index contributed by atoms with van der Waals surface area (Å²) in [5.74, 6) is 0.247. The highest BCUT2D eigenvalue weighted by Gasteiger charge is 2.24. The van der Waals surface area contributed by atoms with E-state index in [0.717, 1.165) is 17.7 Å². The second kappa shape index (κ2) is 6.96. The number of carbonyl (C=O) groups excluding carboxylic acids is 1. The van der Waals surface area contributed by atoms with Gasteiger partial charge in [0.1, 0.15) is 5.84 Å². The second-order valence-corrected chi connectivity index (χ2v) is 5.44. The molecule has 23 heavy (non-hydrogen) atoms. The number of anilines is 1. The number of hydrogen-bond acceptors (Lipinski definition) is 3. The summed E-state index contributed by atoms with van der Waals surface area (Å²) in [7, 11) is 0. The van der Waals surface area contributed by atoms with Crippen molar-refractivity contribution in [1.29, 1.82) is 0 Å². The summed E-state index contributed by atoms with van der Waals surface area (Å²) >= 11 is 0. The molecule has 1 aliphatic rings. The molecule has 3 rings (SSSR count). The first-order valence-electron chi connectivity index (χ1n) is 7.60. The third-order valence-electron chi connectivity index (χ3n) is 3.79. The van der Waals surface area contributed by atoms with Gasteiger partial charge >= 0.3 is 0 Å². The van der Waals surface area contributed by atoms with Gasteiger partial charge in [-0.1, -0.05) is 53.7 Å². The normalized spacial score (nSPS) is 13.7. The van der Waals surface area contributed by atoms with Crippen LogP contribution in [0.2, 0.25) is 0 Å². The summed E-state index contributed by atoms with van der Waals surface area (Å²) in [6, 6.07) is 17.7. The molecule has 0 aliphatic carbocycles. The first kappa shape index (κ1) is 15.1. The van der Waals surface area contributed by atoms with E-state index in [9.17, 15) is 4.79 Å². The number of nitrogens with two attached hydrogens (primary N) is 1. The molecule has 2 N–H and O–H groups in total. The topological polar surface area (TPSA) is 67.9 Å². The van der Waals surface area contributed by atoms with Crippen LogP contribution in [0, 0.1) is 0 Å². The zero-order valence-electron chi connectivity index (χ0n) is 12.8. The average molecular weight is 309 g/mol. The number of carbonyl (C=O) groups is 1. The van der Waals surface area contributed by atoms with Crippen molar-refractivity contribution in [3.8, 4) is 0 Å². The Hall–Kier alpha value is -2.82. The van der Waals surface area contributed by atoms with Crippen LogP contribution >= 0.6 is 0 Å². The maximum atomic E-state index is 12.2. The van der Waals surface area contributed by atoms with Crippen molar-refractivity contribution >= 4 is 17.4 Å². The van der Waals surface area contributed by atoms with E-state index >= 15 is 0 Å². The van der Waals surface area contributed by atoms with Gasteiger partial charge in [-0.05, 0) is 23.6 Å². The monoisotopic (exact) mass is 309 g/mol. The summed E-state index contributed by atoms with van der Waals surface area (Å²) in [6.07, 6.45) is 1.38. The predicted molar refractivity (Wildman–Crippen MR) is 90.2 cm³/mol. The van der Waals surface area contributed by atoms with E-state index < -0.39 is 0 Å². The predicted octanol–water partition coefficient (Wildman–Crippen LogP) is 2.11. The van der Waals surface area contributed by atoms with Crippen molar-refractivity contribution in [3.63, 3.8) is 0 Å². The minimum absolute atomic E-state index is 0.105. The highest BCUT2D eigenvalue weighted by Crippen LogP contribution is 2.27. The summed E-state index contributed by atoms with van der Waals surface area (Å²) in [5.41, 5.74) is 9.02. The molecule has 0 unspecified atom stereocenters. The van der Waals surface area contributed by atoms with E-state index in [1.54, 1.807) is 4.90 Å². The number of oxime groups is 1. The van der Waals surface area contributed by atoms with E-state index in [2.05, 4.69) is 5.16 Å². The maximum absolute atomic E-state index is 12.2. The molecule has 1 aliphatic heterocycles. The molecule has 5 heteroatoms. The van der Waals surface area contributed by atoms with E-state index in [0.29, 0.717) is 18.8 Å². The summed E-state index contributed by atoms with van der Waals surface area (Å²) in [4.78, 5) is 19.1. The lowest BCUT2D eigenvalue weighted by Gasteiger charge is -2.16. The third-order valence-corrected chi connectivity index (χ3v) is 3.79. The Morgan fingerprint density at radius 2 is 1.87 bits per heavy atom. The second-order valence-electron chi connectivity index (χ2n) is 5.44. The third kappa shape index (κ3) is 3.69. The molecular formula is C18H19N3O2. The fourth-order valence-electron chi connectivity index (χ4n) is 2.68. The van der Waals surface area contributed by atoms with Gasteiger partial charge in [-0.15, -0.1) is 0 Å². The Balaban J connectivity index is 1.53. The number of nitrogens with zero attached hydrogens (tertiary/aromatic N) is 2. The minimum atomic E-state index is -0.107. The van der Waals surface area contributed by atoms with E-state index in [1.165, 1.54) is 5.56 Å². The number of amidine groups is 1. The molecule has 0 atom stereocenters. The molecule has 5 nitrogen and oxygen atoms in total. The molecule has 1 heterocycles. The minimum Gasteiger partial charge on any atom is -0.384 e. The molecule has 1 amide bonds. The van der Waals surface area contributed by atoms with Crippen LogP contribution in [0.15, 0.2) is 59.8 Å². The first-order chi connectivity index (χ1) is 11.2. The number of fused-ring (bicyclic) bond motifs is 1. The number of amides is 1. The van der Waals surface area contributed by atoms with Crippen LogP contribution in [0.3, 0.4) is 0 Å². The summed E-state index contributed by atoms with van der Waals surface area (Å²) < 4.78 is 0. The van der Waals surface area contributed by atoms with Crippen LogP contribution in [0.5, 0.6) is 0 Å². The smallest absolute Gasteiger partial charge is 0.267 e. The Labute approximate surface area is 135 Å². The quantitative estimate of drug-likeness (QED) is 0.522.